The van der Waals surface area contributed by atoms with Crippen LogP contribution in [-0.4, -0.2) is 24.1 Å². The highest BCUT2D eigenvalue weighted by atomic mass is 16.5. The molecule has 0 aromatic heterocycles. The minimum Gasteiger partial charge on any atom is -0.458 e. The van der Waals surface area contributed by atoms with Gasteiger partial charge in [0.25, 0.3) is 0 Å². The molecule has 3 fully saturated rings. The summed E-state index contributed by atoms with van der Waals surface area (Å²) < 4.78 is 12.7. The van der Waals surface area contributed by atoms with E-state index >= 15 is 0 Å². The van der Waals surface area contributed by atoms with Crippen molar-refractivity contribution in [3.05, 3.63) is 83.4 Å². The van der Waals surface area contributed by atoms with Gasteiger partial charge in [-0.2, -0.15) is 0 Å². The lowest BCUT2D eigenvalue weighted by atomic mass is 9.46. The van der Waals surface area contributed by atoms with E-state index in [9.17, 15) is 9.59 Å². The summed E-state index contributed by atoms with van der Waals surface area (Å²) in [6, 6.07) is 18.8. The number of fused-ring (bicyclic) bond motifs is 5. The molecular weight excluding hydrogens is 580 g/mol. The topological polar surface area (TPSA) is 52.6 Å². The lowest BCUT2D eigenvalue weighted by molar-refractivity contribution is -0.102. The SMILES string of the molecule is CC[C@@H](CC[C@@H](C)[C@H]1CC[C@H]2[C@@H]3[C@H](OC(=O)c4ccccc4)C=C4C[C@@H](OC(=O)c5ccccc5)CC[C@]4(C)[C@H]3CC[C@]12C)C(C)C. The fourth-order valence-corrected chi connectivity index (χ4v) is 11.0. The zero-order valence-corrected chi connectivity index (χ0v) is 29.8. The zero-order valence-electron chi connectivity index (χ0n) is 29.8. The average molecular weight is 639 g/mol. The van der Waals surface area contributed by atoms with E-state index < -0.39 is 0 Å². The maximum Gasteiger partial charge on any atom is 0.338 e. The normalized spacial score (nSPS) is 34.3. The number of rotatable bonds is 10. The van der Waals surface area contributed by atoms with Crippen molar-refractivity contribution in [1.29, 1.82) is 0 Å². The lowest BCUT2D eigenvalue weighted by Gasteiger charge is -2.59. The standard InChI is InChI=1S/C43H58O4/c1-7-30(28(2)3)19-18-29(4)35-20-21-36-39-37(23-25-43(35,36)6)42(5)24-22-34(46-40(44)31-14-10-8-11-15-31)26-33(42)27-38(39)47-41(45)32-16-12-9-13-17-32/h8-17,27-30,34-39H,7,18-26H2,1-6H3/t29-,30+,34+,35-,36+,37+,38-,39+,42+,43-/m1/s1. The summed E-state index contributed by atoms with van der Waals surface area (Å²) in [6.45, 7) is 14.7. The largest absolute Gasteiger partial charge is 0.458 e. The lowest BCUT2D eigenvalue weighted by Crippen LogP contribution is -2.55. The summed E-state index contributed by atoms with van der Waals surface area (Å²) in [5.74, 6) is 3.81. The number of esters is 2. The van der Waals surface area contributed by atoms with Crippen LogP contribution in [-0.2, 0) is 9.47 Å². The van der Waals surface area contributed by atoms with Gasteiger partial charge in [0.1, 0.15) is 12.2 Å². The van der Waals surface area contributed by atoms with Gasteiger partial charge in [0.05, 0.1) is 11.1 Å². The molecule has 4 aliphatic carbocycles. The van der Waals surface area contributed by atoms with E-state index in [1.165, 1.54) is 50.5 Å². The van der Waals surface area contributed by atoms with E-state index in [0.29, 0.717) is 41.2 Å². The molecular formula is C43H58O4. The van der Waals surface area contributed by atoms with Gasteiger partial charge in [-0.15, -0.1) is 0 Å². The number of carbonyl (C=O) groups is 2. The first-order valence-electron chi connectivity index (χ1n) is 18.8. The van der Waals surface area contributed by atoms with Crippen molar-refractivity contribution in [3.63, 3.8) is 0 Å². The van der Waals surface area contributed by atoms with Gasteiger partial charge in [-0.1, -0.05) is 96.4 Å². The van der Waals surface area contributed by atoms with E-state index in [1.54, 1.807) is 0 Å². The second-order valence-corrected chi connectivity index (χ2v) is 16.5. The van der Waals surface area contributed by atoms with Crippen LogP contribution in [0.1, 0.15) is 126 Å². The molecule has 47 heavy (non-hydrogen) atoms. The van der Waals surface area contributed by atoms with Gasteiger partial charge >= 0.3 is 11.9 Å². The second-order valence-electron chi connectivity index (χ2n) is 16.5. The number of ether oxygens (including phenoxy) is 2. The van der Waals surface area contributed by atoms with Gasteiger partial charge in [-0.25, -0.2) is 9.59 Å². The van der Waals surface area contributed by atoms with Crippen LogP contribution in [0, 0.1) is 52.3 Å². The smallest absolute Gasteiger partial charge is 0.338 e. The summed E-state index contributed by atoms with van der Waals surface area (Å²) in [7, 11) is 0. The third-order valence-corrected chi connectivity index (χ3v) is 13.8. The molecule has 0 amide bonds. The third-order valence-electron chi connectivity index (χ3n) is 13.8. The molecule has 2 aromatic rings. The third kappa shape index (κ3) is 6.60. The van der Waals surface area contributed by atoms with E-state index in [1.807, 2.05) is 60.7 Å². The Hall–Kier alpha value is -2.88. The van der Waals surface area contributed by atoms with Crippen molar-refractivity contribution in [3.8, 4) is 0 Å². The molecule has 0 N–H and O–H groups in total. The number of hydrogen-bond donors (Lipinski definition) is 0. The highest BCUT2D eigenvalue weighted by Crippen LogP contribution is 2.67. The predicted octanol–water partition coefficient (Wildman–Crippen LogP) is 10.7. The Kier molecular flexibility index (Phi) is 10.1. The van der Waals surface area contributed by atoms with Gasteiger partial charge < -0.3 is 9.47 Å². The molecule has 4 nitrogen and oxygen atoms in total. The van der Waals surface area contributed by atoms with Crippen molar-refractivity contribution < 1.29 is 19.1 Å². The molecule has 0 heterocycles. The Bertz CT molecular complexity index is 1410. The first kappa shape index (κ1) is 34.0. The quantitative estimate of drug-likeness (QED) is 0.192. The molecule has 4 heteroatoms. The molecule has 254 valence electrons. The maximum absolute atomic E-state index is 13.7. The Morgan fingerprint density at radius 2 is 1.43 bits per heavy atom. The van der Waals surface area contributed by atoms with E-state index in [2.05, 4.69) is 47.6 Å². The number of benzene rings is 2. The molecule has 0 aliphatic heterocycles. The van der Waals surface area contributed by atoms with Crippen molar-refractivity contribution in [2.75, 3.05) is 0 Å². The summed E-state index contributed by atoms with van der Waals surface area (Å²) in [5.41, 5.74) is 2.84. The molecule has 6 rings (SSSR count). The molecule has 0 saturated heterocycles. The fraction of sp³-hybridized carbons (Fsp3) is 0.628. The summed E-state index contributed by atoms with van der Waals surface area (Å²) in [6.07, 6.45) is 13.3. The Balaban J connectivity index is 1.27. The van der Waals surface area contributed by atoms with Gasteiger partial charge in [-0.05, 0) is 122 Å². The minimum atomic E-state index is -0.261. The van der Waals surface area contributed by atoms with Gasteiger partial charge in [0.15, 0.2) is 0 Å². The van der Waals surface area contributed by atoms with Crippen LogP contribution in [0.3, 0.4) is 0 Å². The van der Waals surface area contributed by atoms with Crippen LogP contribution in [0.5, 0.6) is 0 Å². The maximum atomic E-state index is 13.7. The molecule has 4 aliphatic rings. The van der Waals surface area contributed by atoms with Crippen LogP contribution in [0.25, 0.3) is 0 Å². The Morgan fingerprint density at radius 3 is 2.04 bits per heavy atom. The van der Waals surface area contributed by atoms with Crippen LogP contribution in [0.4, 0.5) is 0 Å². The van der Waals surface area contributed by atoms with Crippen LogP contribution < -0.4 is 0 Å². The average Bonchev–Trinajstić information content (AvgIpc) is 3.43. The number of hydrogen-bond acceptors (Lipinski definition) is 4. The Labute approximate surface area is 284 Å². The van der Waals surface area contributed by atoms with E-state index in [0.717, 1.165) is 30.6 Å². The molecule has 0 bridgehead atoms. The van der Waals surface area contributed by atoms with Crippen LogP contribution >= 0.6 is 0 Å². The second kappa shape index (κ2) is 13.9. The molecule has 10 atom stereocenters. The summed E-state index contributed by atoms with van der Waals surface area (Å²) in [4.78, 5) is 26.7. The van der Waals surface area contributed by atoms with Crippen LogP contribution in [0.2, 0.25) is 0 Å². The Morgan fingerprint density at radius 1 is 0.787 bits per heavy atom. The van der Waals surface area contributed by atoms with Crippen LogP contribution in [0.15, 0.2) is 72.3 Å². The first-order valence-corrected chi connectivity index (χ1v) is 18.8. The van der Waals surface area contributed by atoms with Crippen molar-refractivity contribution in [1.82, 2.24) is 0 Å². The van der Waals surface area contributed by atoms with Crippen molar-refractivity contribution >= 4 is 11.9 Å². The monoisotopic (exact) mass is 638 g/mol. The molecule has 3 saturated carbocycles. The van der Waals surface area contributed by atoms with Gasteiger partial charge in [-0.3, -0.25) is 0 Å². The van der Waals surface area contributed by atoms with E-state index in [-0.39, 0.29) is 35.0 Å². The van der Waals surface area contributed by atoms with Gasteiger partial charge in [0, 0.05) is 12.3 Å². The van der Waals surface area contributed by atoms with Crippen molar-refractivity contribution in [2.45, 2.75) is 118 Å². The number of carbonyl (C=O) groups excluding carboxylic acids is 2. The summed E-state index contributed by atoms with van der Waals surface area (Å²) in [5, 5.41) is 0. The predicted molar refractivity (Wildman–Crippen MR) is 189 cm³/mol. The molecule has 0 radical (unpaired) electrons. The highest BCUT2D eigenvalue weighted by Gasteiger charge is 2.62. The van der Waals surface area contributed by atoms with Gasteiger partial charge in [0.2, 0.25) is 0 Å². The molecule has 0 unspecified atom stereocenters. The fourth-order valence-electron chi connectivity index (χ4n) is 11.0. The minimum absolute atomic E-state index is 0.0343. The van der Waals surface area contributed by atoms with Crippen molar-refractivity contribution in [2.24, 2.45) is 52.3 Å². The zero-order chi connectivity index (χ0) is 33.3. The highest BCUT2D eigenvalue weighted by molar-refractivity contribution is 5.90. The summed E-state index contributed by atoms with van der Waals surface area (Å²) >= 11 is 0. The first-order chi connectivity index (χ1) is 22.5. The molecule has 2 aromatic carbocycles. The van der Waals surface area contributed by atoms with E-state index in [4.69, 9.17) is 9.47 Å². The molecule has 0 spiro atoms.